The Bertz CT molecular complexity index is 903. The van der Waals surface area contributed by atoms with Crippen LogP contribution in [0.25, 0.3) is 10.9 Å². The maximum absolute atomic E-state index is 12.7. The van der Waals surface area contributed by atoms with Crippen LogP contribution in [0.3, 0.4) is 0 Å². The number of carbonyl (C=O) groups excluding carboxylic acids is 1. The van der Waals surface area contributed by atoms with E-state index >= 15 is 0 Å². The Labute approximate surface area is 157 Å². The van der Waals surface area contributed by atoms with Gasteiger partial charge in [0.2, 0.25) is 0 Å². The third-order valence-corrected chi connectivity index (χ3v) is 5.15. The summed E-state index contributed by atoms with van der Waals surface area (Å²) < 4.78 is 10.3. The SMILES string of the molecule is COCCNC(=O)c1[nH]c2cc(OC)ccc2c1Sc1ccc(C)cc1. The van der Waals surface area contributed by atoms with Gasteiger partial charge in [0.15, 0.2) is 0 Å². The number of ether oxygens (including phenoxy) is 2. The number of benzene rings is 2. The Morgan fingerprint density at radius 3 is 2.62 bits per heavy atom. The second-order valence-electron chi connectivity index (χ2n) is 5.90. The lowest BCUT2D eigenvalue weighted by atomic mass is 10.2. The molecule has 3 rings (SSSR count). The molecule has 0 aliphatic rings. The highest BCUT2D eigenvalue weighted by molar-refractivity contribution is 7.99. The molecule has 2 N–H and O–H groups in total. The van der Waals surface area contributed by atoms with Crippen molar-refractivity contribution in [1.29, 1.82) is 0 Å². The van der Waals surface area contributed by atoms with E-state index in [4.69, 9.17) is 9.47 Å². The van der Waals surface area contributed by atoms with E-state index in [1.807, 2.05) is 18.2 Å². The zero-order valence-electron chi connectivity index (χ0n) is 15.1. The van der Waals surface area contributed by atoms with Crippen LogP contribution in [-0.4, -0.2) is 38.3 Å². The summed E-state index contributed by atoms with van der Waals surface area (Å²) in [6.07, 6.45) is 0. The molecule has 2 aromatic carbocycles. The molecule has 3 aromatic rings. The molecule has 6 heteroatoms. The number of hydrogen-bond donors (Lipinski definition) is 2. The number of rotatable bonds is 7. The van der Waals surface area contributed by atoms with Crippen molar-refractivity contribution in [3.05, 3.63) is 53.7 Å². The van der Waals surface area contributed by atoms with E-state index < -0.39 is 0 Å². The number of carbonyl (C=O) groups is 1. The topological polar surface area (TPSA) is 63.3 Å². The van der Waals surface area contributed by atoms with E-state index in [9.17, 15) is 4.79 Å². The van der Waals surface area contributed by atoms with Crippen LogP contribution in [-0.2, 0) is 4.74 Å². The number of hydrogen-bond acceptors (Lipinski definition) is 4. The van der Waals surface area contributed by atoms with Crippen molar-refractivity contribution in [2.75, 3.05) is 27.4 Å². The molecule has 0 fully saturated rings. The Kier molecular flexibility index (Phi) is 5.85. The standard InChI is InChI=1S/C20H22N2O3S/c1-13-4-7-15(8-5-13)26-19-16-9-6-14(25-3)12-17(16)22-18(19)20(23)21-10-11-24-2/h4-9,12,22H,10-11H2,1-3H3,(H,21,23). The molecule has 0 aliphatic carbocycles. The van der Waals surface area contributed by atoms with E-state index in [1.54, 1.807) is 26.0 Å². The van der Waals surface area contributed by atoms with Gasteiger partial charge in [-0.05, 0) is 31.2 Å². The molecule has 5 nitrogen and oxygen atoms in total. The smallest absolute Gasteiger partial charge is 0.268 e. The van der Waals surface area contributed by atoms with Gasteiger partial charge >= 0.3 is 0 Å². The van der Waals surface area contributed by atoms with Crippen LogP contribution < -0.4 is 10.1 Å². The molecule has 0 saturated heterocycles. The van der Waals surface area contributed by atoms with Crippen LogP contribution in [0.2, 0.25) is 0 Å². The maximum Gasteiger partial charge on any atom is 0.268 e. The van der Waals surface area contributed by atoms with Crippen molar-refractivity contribution in [1.82, 2.24) is 10.3 Å². The fourth-order valence-corrected chi connectivity index (χ4v) is 3.66. The number of nitrogens with one attached hydrogen (secondary N) is 2. The first-order chi connectivity index (χ1) is 12.6. The number of amides is 1. The first-order valence-electron chi connectivity index (χ1n) is 8.33. The maximum atomic E-state index is 12.7. The molecule has 0 atom stereocenters. The van der Waals surface area contributed by atoms with E-state index in [2.05, 4.69) is 41.5 Å². The minimum Gasteiger partial charge on any atom is -0.497 e. The number of aromatic nitrogens is 1. The fourth-order valence-electron chi connectivity index (χ4n) is 2.62. The molecule has 1 heterocycles. The van der Waals surface area contributed by atoms with Crippen LogP contribution in [0.1, 0.15) is 16.1 Å². The van der Waals surface area contributed by atoms with Crippen molar-refractivity contribution in [2.45, 2.75) is 16.7 Å². The molecule has 0 aliphatic heterocycles. The number of H-pyrrole nitrogens is 1. The Morgan fingerprint density at radius 1 is 1.15 bits per heavy atom. The number of methoxy groups -OCH3 is 2. The highest BCUT2D eigenvalue weighted by Crippen LogP contribution is 2.38. The second kappa shape index (κ2) is 8.29. The van der Waals surface area contributed by atoms with Gasteiger partial charge in [0.05, 0.1) is 24.1 Å². The van der Waals surface area contributed by atoms with Gasteiger partial charge in [0.1, 0.15) is 11.4 Å². The van der Waals surface area contributed by atoms with Crippen LogP contribution in [0.4, 0.5) is 0 Å². The quantitative estimate of drug-likeness (QED) is 0.617. The van der Waals surface area contributed by atoms with Gasteiger partial charge in [-0.1, -0.05) is 29.5 Å². The molecular weight excluding hydrogens is 348 g/mol. The molecule has 1 aromatic heterocycles. The second-order valence-corrected chi connectivity index (χ2v) is 6.99. The zero-order chi connectivity index (χ0) is 18.5. The van der Waals surface area contributed by atoms with Crippen molar-refractivity contribution >= 4 is 28.6 Å². The summed E-state index contributed by atoms with van der Waals surface area (Å²) in [7, 11) is 3.24. The van der Waals surface area contributed by atoms with Crippen molar-refractivity contribution in [3.8, 4) is 5.75 Å². The molecule has 0 unspecified atom stereocenters. The third kappa shape index (κ3) is 4.03. The molecule has 1 amide bonds. The van der Waals surface area contributed by atoms with Crippen molar-refractivity contribution < 1.29 is 14.3 Å². The third-order valence-electron chi connectivity index (χ3n) is 4.02. The molecule has 0 bridgehead atoms. The van der Waals surface area contributed by atoms with Gasteiger partial charge in [0, 0.05) is 30.0 Å². The lowest BCUT2D eigenvalue weighted by Crippen LogP contribution is -2.27. The number of fused-ring (bicyclic) bond motifs is 1. The monoisotopic (exact) mass is 370 g/mol. The van der Waals surface area contributed by atoms with Crippen LogP contribution in [0, 0.1) is 6.92 Å². The van der Waals surface area contributed by atoms with Gasteiger partial charge in [-0.3, -0.25) is 4.79 Å². The van der Waals surface area contributed by atoms with E-state index in [0.717, 1.165) is 26.4 Å². The first kappa shape index (κ1) is 18.4. The minimum atomic E-state index is -0.146. The summed E-state index contributed by atoms with van der Waals surface area (Å²) >= 11 is 1.58. The van der Waals surface area contributed by atoms with Crippen LogP contribution >= 0.6 is 11.8 Å². The average molecular weight is 370 g/mol. The Hall–Kier alpha value is -2.44. The van der Waals surface area contributed by atoms with Gasteiger partial charge in [-0.25, -0.2) is 0 Å². The van der Waals surface area contributed by atoms with Crippen LogP contribution in [0.15, 0.2) is 52.3 Å². The van der Waals surface area contributed by atoms with E-state index in [1.165, 1.54) is 5.56 Å². The predicted molar refractivity (Wildman–Crippen MR) is 104 cm³/mol. The number of aryl methyl sites for hydroxylation is 1. The molecule has 136 valence electrons. The van der Waals surface area contributed by atoms with Gasteiger partial charge in [0.25, 0.3) is 5.91 Å². The zero-order valence-corrected chi connectivity index (χ0v) is 15.9. The Morgan fingerprint density at radius 2 is 1.92 bits per heavy atom. The largest absolute Gasteiger partial charge is 0.497 e. The highest BCUT2D eigenvalue weighted by Gasteiger charge is 2.19. The number of aromatic amines is 1. The summed E-state index contributed by atoms with van der Waals surface area (Å²) in [5.74, 6) is 0.601. The summed E-state index contributed by atoms with van der Waals surface area (Å²) in [5, 5.41) is 3.88. The fraction of sp³-hybridized carbons (Fsp3) is 0.250. The predicted octanol–water partition coefficient (Wildman–Crippen LogP) is 4.01. The molecule has 26 heavy (non-hydrogen) atoms. The molecule has 0 spiro atoms. The van der Waals surface area contributed by atoms with Crippen LogP contribution in [0.5, 0.6) is 5.75 Å². The summed E-state index contributed by atoms with van der Waals surface area (Å²) in [6.45, 7) is 2.99. The van der Waals surface area contributed by atoms with Gasteiger partial charge in [-0.2, -0.15) is 0 Å². The highest BCUT2D eigenvalue weighted by atomic mass is 32.2. The van der Waals surface area contributed by atoms with Crippen molar-refractivity contribution in [3.63, 3.8) is 0 Å². The average Bonchev–Trinajstić information content (AvgIpc) is 3.01. The Balaban J connectivity index is 2.00. The normalized spacial score (nSPS) is 10.9. The lowest BCUT2D eigenvalue weighted by Gasteiger charge is -2.07. The van der Waals surface area contributed by atoms with E-state index in [-0.39, 0.29) is 5.91 Å². The lowest BCUT2D eigenvalue weighted by molar-refractivity contribution is 0.0930. The van der Waals surface area contributed by atoms with Crippen molar-refractivity contribution in [2.24, 2.45) is 0 Å². The first-order valence-corrected chi connectivity index (χ1v) is 9.15. The van der Waals surface area contributed by atoms with Gasteiger partial charge < -0.3 is 19.8 Å². The molecule has 0 saturated carbocycles. The van der Waals surface area contributed by atoms with E-state index in [0.29, 0.717) is 18.8 Å². The van der Waals surface area contributed by atoms with Gasteiger partial charge in [-0.15, -0.1) is 0 Å². The molecule has 0 radical (unpaired) electrons. The minimum absolute atomic E-state index is 0.146. The summed E-state index contributed by atoms with van der Waals surface area (Å²) in [5.41, 5.74) is 2.63. The summed E-state index contributed by atoms with van der Waals surface area (Å²) in [4.78, 5) is 17.9. The summed E-state index contributed by atoms with van der Waals surface area (Å²) in [6, 6.07) is 14.1. The molecular formula is C20H22N2O3S.